The van der Waals surface area contributed by atoms with Crippen LogP contribution < -0.4 is 10.1 Å². The molecule has 124 valence electrons. The highest BCUT2D eigenvalue weighted by Crippen LogP contribution is 2.16. The first-order valence-corrected chi connectivity index (χ1v) is 7.15. The predicted molar refractivity (Wildman–Crippen MR) is 83.2 cm³/mol. The SMILES string of the molecule is COC(CNCCOc1ccc(C(=O)C(C)(C)O)cc1)OC. The largest absolute Gasteiger partial charge is 0.492 e. The van der Waals surface area contributed by atoms with E-state index >= 15 is 0 Å². The van der Waals surface area contributed by atoms with Crippen molar-refractivity contribution in [2.24, 2.45) is 0 Å². The van der Waals surface area contributed by atoms with Crippen LogP contribution in [0, 0.1) is 0 Å². The molecule has 0 aliphatic carbocycles. The first-order valence-electron chi connectivity index (χ1n) is 7.15. The molecule has 0 radical (unpaired) electrons. The minimum atomic E-state index is -1.37. The van der Waals surface area contributed by atoms with Crippen LogP contribution in [-0.2, 0) is 9.47 Å². The van der Waals surface area contributed by atoms with Crippen molar-refractivity contribution in [3.8, 4) is 5.75 Å². The number of Topliss-reactive ketones (excluding diaryl/α,β-unsaturated/α-hetero) is 1. The van der Waals surface area contributed by atoms with Crippen LogP contribution in [0.15, 0.2) is 24.3 Å². The molecule has 0 atom stereocenters. The molecular weight excluding hydrogens is 286 g/mol. The van der Waals surface area contributed by atoms with E-state index in [2.05, 4.69) is 5.32 Å². The first kappa shape index (κ1) is 18.6. The molecule has 1 aromatic carbocycles. The zero-order valence-electron chi connectivity index (χ0n) is 13.6. The summed E-state index contributed by atoms with van der Waals surface area (Å²) >= 11 is 0. The van der Waals surface area contributed by atoms with E-state index in [0.717, 1.165) is 0 Å². The Morgan fingerprint density at radius 1 is 1.23 bits per heavy atom. The van der Waals surface area contributed by atoms with Crippen molar-refractivity contribution in [1.29, 1.82) is 0 Å². The van der Waals surface area contributed by atoms with Crippen molar-refractivity contribution in [3.63, 3.8) is 0 Å². The molecule has 0 bridgehead atoms. The molecule has 22 heavy (non-hydrogen) atoms. The van der Waals surface area contributed by atoms with Gasteiger partial charge in [0.05, 0.1) is 0 Å². The molecule has 0 aromatic heterocycles. The summed E-state index contributed by atoms with van der Waals surface area (Å²) in [6.07, 6.45) is -0.271. The van der Waals surface area contributed by atoms with Crippen molar-refractivity contribution >= 4 is 5.78 Å². The van der Waals surface area contributed by atoms with Gasteiger partial charge in [0, 0.05) is 32.9 Å². The molecule has 0 saturated heterocycles. The van der Waals surface area contributed by atoms with E-state index in [1.807, 2.05) is 0 Å². The number of benzene rings is 1. The van der Waals surface area contributed by atoms with Gasteiger partial charge < -0.3 is 24.6 Å². The van der Waals surface area contributed by atoms with Gasteiger partial charge in [0.1, 0.15) is 18.0 Å². The molecule has 0 saturated carbocycles. The maximum atomic E-state index is 11.9. The Balaban J connectivity index is 2.35. The van der Waals surface area contributed by atoms with Gasteiger partial charge in [-0.25, -0.2) is 0 Å². The van der Waals surface area contributed by atoms with Gasteiger partial charge in [0.2, 0.25) is 0 Å². The number of ketones is 1. The van der Waals surface area contributed by atoms with E-state index in [4.69, 9.17) is 14.2 Å². The fourth-order valence-electron chi connectivity index (χ4n) is 1.78. The average molecular weight is 311 g/mol. The van der Waals surface area contributed by atoms with Crippen LogP contribution in [0.5, 0.6) is 5.75 Å². The third-order valence-corrected chi connectivity index (χ3v) is 3.06. The standard InChI is InChI=1S/C16H25NO5/c1-16(2,19)15(18)12-5-7-13(8-6-12)22-10-9-17-11-14(20-3)21-4/h5-8,14,17,19H,9-11H2,1-4H3. The Hall–Kier alpha value is -1.47. The third-order valence-electron chi connectivity index (χ3n) is 3.06. The smallest absolute Gasteiger partial charge is 0.193 e. The minimum absolute atomic E-state index is 0.271. The van der Waals surface area contributed by atoms with Gasteiger partial charge >= 0.3 is 0 Å². The summed E-state index contributed by atoms with van der Waals surface area (Å²) in [6.45, 7) is 4.65. The van der Waals surface area contributed by atoms with Crippen molar-refractivity contribution in [2.45, 2.75) is 25.7 Å². The molecule has 1 rings (SSSR count). The summed E-state index contributed by atoms with van der Waals surface area (Å²) in [5.41, 5.74) is -0.910. The van der Waals surface area contributed by atoms with Crippen LogP contribution in [0.3, 0.4) is 0 Å². The maximum absolute atomic E-state index is 11.9. The van der Waals surface area contributed by atoms with Gasteiger partial charge in [-0.3, -0.25) is 4.79 Å². The van der Waals surface area contributed by atoms with E-state index in [1.54, 1.807) is 38.5 Å². The second kappa shape index (κ2) is 8.85. The van der Waals surface area contributed by atoms with Crippen molar-refractivity contribution in [3.05, 3.63) is 29.8 Å². The Labute approximate surface area is 131 Å². The Kier molecular flexibility index (Phi) is 7.47. The molecule has 0 heterocycles. The highest BCUT2D eigenvalue weighted by molar-refractivity contribution is 6.01. The molecule has 0 aliphatic heterocycles. The monoisotopic (exact) mass is 311 g/mol. The van der Waals surface area contributed by atoms with Gasteiger partial charge in [-0.2, -0.15) is 0 Å². The zero-order chi connectivity index (χ0) is 16.6. The van der Waals surface area contributed by atoms with Gasteiger partial charge in [0.25, 0.3) is 0 Å². The lowest BCUT2D eigenvalue weighted by Crippen LogP contribution is -2.32. The lowest BCUT2D eigenvalue weighted by molar-refractivity contribution is -0.0988. The number of aliphatic hydroxyl groups is 1. The fraction of sp³-hybridized carbons (Fsp3) is 0.562. The van der Waals surface area contributed by atoms with Crippen LogP contribution >= 0.6 is 0 Å². The predicted octanol–water partition coefficient (Wildman–Crippen LogP) is 1.23. The number of carbonyl (C=O) groups excluding carboxylic acids is 1. The van der Waals surface area contributed by atoms with E-state index in [-0.39, 0.29) is 12.1 Å². The average Bonchev–Trinajstić information content (AvgIpc) is 2.50. The van der Waals surface area contributed by atoms with Gasteiger partial charge in [-0.05, 0) is 38.1 Å². The van der Waals surface area contributed by atoms with Crippen LogP contribution in [0.4, 0.5) is 0 Å². The van der Waals surface area contributed by atoms with E-state index < -0.39 is 5.60 Å². The first-order chi connectivity index (χ1) is 10.4. The fourth-order valence-corrected chi connectivity index (χ4v) is 1.78. The van der Waals surface area contributed by atoms with Gasteiger partial charge in [-0.15, -0.1) is 0 Å². The molecule has 0 spiro atoms. The summed E-state index contributed by atoms with van der Waals surface area (Å²) in [5.74, 6) is 0.356. The maximum Gasteiger partial charge on any atom is 0.193 e. The van der Waals surface area contributed by atoms with Crippen LogP contribution in [0.2, 0.25) is 0 Å². The van der Waals surface area contributed by atoms with Crippen molar-refractivity contribution in [1.82, 2.24) is 5.32 Å². The van der Waals surface area contributed by atoms with Crippen LogP contribution in [-0.4, -0.2) is 56.7 Å². The van der Waals surface area contributed by atoms with Gasteiger partial charge in [-0.1, -0.05) is 0 Å². The van der Waals surface area contributed by atoms with Crippen LogP contribution in [0.1, 0.15) is 24.2 Å². The lowest BCUT2D eigenvalue weighted by atomic mass is 9.97. The molecule has 1 aromatic rings. The summed E-state index contributed by atoms with van der Waals surface area (Å²) < 4.78 is 15.7. The van der Waals surface area contributed by atoms with E-state index in [0.29, 0.717) is 31.0 Å². The molecule has 6 nitrogen and oxygen atoms in total. The second-order valence-electron chi connectivity index (χ2n) is 5.37. The molecule has 6 heteroatoms. The number of ether oxygens (including phenoxy) is 3. The summed E-state index contributed by atoms with van der Waals surface area (Å²) in [5, 5.41) is 12.8. The topological polar surface area (TPSA) is 77.0 Å². The summed E-state index contributed by atoms with van der Waals surface area (Å²) in [4.78, 5) is 11.9. The number of hydrogen-bond acceptors (Lipinski definition) is 6. The number of rotatable bonds is 10. The highest BCUT2D eigenvalue weighted by atomic mass is 16.7. The zero-order valence-corrected chi connectivity index (χ0v) is 13.6. The highest BCUT2D eigenvalue weighted by Gasteiger charge is 2.24. The molecular formula is C16H25NO5. The van der Waals surface area contributed by atoms with E-state index in [9.17, 15) is 9.90 Å². The summed E-state index contributed by atoms with van der Waals surface area (Å²) in [7, 11) is 3.17. The Morgan fingerprint density at radius 3 is 2.32 bits per heavy atom. The molecule has 0 unspecified atom stereocenters. The number of nitrogens with one attached hydrogen (secondary N) is 1. The van der Waals surface area contributed by atoms with Crippen molar-refractivity contribution < 1.29 is 24.1 Å². The van der Waals surface area contributed by atoms with E-state index in [1.165, 1.54) is 13.8 Å². The Morgan fingerprint density at radius 2 is 1.82 bits per heavy atom. The molecule has 2 N–H and O–H groups in total. The van der Waals surface area contributed by atoms with Crippen molar-refractivity contribution in [2.75, 3.05) is 33.9 Å². The molecule has 0 aliphatic rings. The summed E-state index contributed by atoms with van der Waals surface area (Å²) in [6, 6.07) is 6.72. The van der Waals surface area contributed by atoms with Gasteiger partial charge in [0.15, 0.2) is 12.1 Å². The Bertz CT molecular complexity index is 449. The normalized spacial score (nSPS) is 11.7. The third kappa shape index (κ3) is 6.11. The second-order valence-corrected chi connectivity index (χ2v) is 5.37. The number of carbonyl (C=O) groups is 1. The lowest BCUT2D eigenvalue weighted by Gasteiger charge is -2.16. The quantitative estimate of drug-likeness (QED) is 0.384. The number of hydrogen-bond donors (Lipinski definition) is 2. The number of methoxy groups -OCH3 is 2. The van der Waals surface area contributed by atoms with Crippen LogP contribution in [0.25, 0.3) is 0 Å². The minimum Gasteiger partial charge on any atom is -0.492 e. The molecule has 0 amide bonds. The molecule has 0 fully saturated rings.